The summed E-state index contributed by atoms with van der Waals surface area (Å²) in [6.45, 7) is 2.84. The van der Waals surface area contributed by atoms with E-state index in [1.807, 2.05) is 32.2 Å². The number of aryl methyl sites for hydroxylation is 1. The minimum Gasteiger partial charge on any atom is -0.316 e. The zero-order valence-corrected chi connectivity index (χ0v) is 12.2. The molecular weight excluding hydrogens is 272 g/mol. The van der Waals surface area contributed by atoms with E-state index in [9.17, 15) is 10.1 Å². The van der Waals surface area contributed by atoms with Crippen LogP contribution in [-0.4, -0.2) is 12.0 Å². The Morgan fingerprint density at radius 2 is 1.95 bits per heavy atom. The van der Waals surface area contributed by atoms with E-state index < -0.39 is 0 Å². The quantitative estimate of drug-likeness (QED) is 0.672. The summed E-state index contributed by atoms with van der Waals surface area (Å²) in [6, 6.07) is 13.0. The molecule has 2 aromatic rings. The van der Waals surface area contributed by atoms with Gasteiger partial charge in [-0.3, -0.25) is 10.1 Å². The molecular formula is C15H16N2O2S. The average Bonchev–Trinajstić information content (AvgIpc) is 2.42. The number of hydrogen-bond acceptors (Lipinski definition) is 4. The largest absolute Gasteiger partial charge is 0.316 e. The molecule has 20 heavy (non-hydrogen) atoms. The van der Waals surface area contributed by atoms with E-state index in [2.05, 4.69) is 11.4 Å². The van der Waals surface area contributed by atoms with Gasteiger partial charge in [0.05, 0.1) is 9.82 Å². The third-order valence-electron chi connectivity index (χ3n) is 2.90. The van der Waals surface area contributed by atoms with Gasteiger partial charge in [0, 0.05) is 17.5 Å². The van der Waals surface area contributed by atoms with Gasteiger partial charge in [-0.25, -0.2) is 0 Å². The summed E-state index contributed by atoms with van der Waals surface area (Å²) in [7, 11) is 1.91. The van der Waals surface area contributed by atoms with Crippen LogP contribution in [0.5, 0.6) is 0 Å². The minimum absolute atomic E-state index is 0.149. The van der Waals surface area contributed by atoms with Crippen molar-refractivity contribution in [3.63, 3.8) is 0 Å². The van der Waals surface area contributed by atoms with Crippen LogP contribution in [0.25, 0.3) is 0 Å². The van der Waals surface area contributed by atoms with Crippen LogP contribution in [0.2, 0.25) is 0 Å². The summed E-state index contributed by atoms with van der Waals surface area (Å²) in [6.07, 6.45) is 0. The van der Waals surface area contributed by atoms with Crippen molar-refractivity contribution < 1.29 is 4.92 Å². The highest BCUT2D eigenvalue weighted by Gasteiger charge is 2.14. The fourth-order valence-electron chi connectivity index (χ4n) is 1.95. The van der Waals surface area contributed by atoms with Crippen LogP contribution in [0.4, 0.5) is 5.69 Å². The Labute approximate surface area is 122 Å². The molecule has 4 nitrogen and oxygen atoms in total. The Bertz CT molecular complexity index is 629. The number of nitrogens with one attached hydrogen (secondary N) is 1. The van der Waals surface area contributed by atoms with E-state index >= 15 is 0 Å². The van der Waals surface area contributed by atoms with Gasteiger partial charge >= 0.3 is 0 Å². The van der Waals surface area contributed by atoms with E-state index in [0.717, 1.165) is 17.0 Å². The Kier molecular flexibility index (Phi) is 4.76. The second kappa shape index (κ2) is 6.54. The smallest absolute Gasteiger partial charge is 0.283 e. The predicted octanol–water partition coefficient (Wildman–Crippen LogP) is 3.77. The van der Waals surface area contributed by atoms with Crippen molar-refractivity contribution >= 4 is 17.4 Å². The summed E-state index contributed by atoms with van der Waals surface area (Å²) >= 11 is 1.43. The van der Waals surface area contributed by atoms with Gasteiger partial charge in [0.15, 0.2) is 0 Å². The molecule has 2 aromatic carbocycles. The van der Waals surface area contributed by atoms with Crippen molar-refractivity contribution in [1.82, 2.24) is 5.32 Å². The number of benzene rings is 2. The first-order valence-corrected chi connectivity index (χ1v) is 7.09. The van der Waals surface area contributed by atoms with Gasteiger partial charge in [0.1, 0.15) is 0 Å². The van der Waals surface area contributed by atoms with Crippen LogP contribution in [0, 0.1) is 17.0 Å². The molecule has 0 fully saturated rings. The Balaban J connectivity index is 2.29. The van der Waals surface area contributed by atoms with Gasteiger partial charge in [-0.2, -0.15) is 0 Å². The third kappa shape index (κ3) is 3.37. The zero-order chi connectivity index (χ0) is 14.5. The Morgan fingerprint density at radius 1 is 1.20 bits per heavy atom. The van der Waals surface area contributed by atoms with Crippen LogP contribution >= 0.6 is 11.8 Å². The molecule has 104 valence electrons. The number of nitro benzene ring substituents is 1. The molecule has 0 unspecified atom stereocenters. The minimum atomic E-state index is -0.340. The van der Waals surface area contributed by atoms with E-state index in [1.54, 1.807) is 12.1 Å². The number of nitro groups is 1. The van der Waals surface area contributed by atoms with Gasteiger partial charge in [-0.05, 0) is 37.2 Å². The topological polar surface area (TPSA) is 55.2 Å². The number of rotatable bonds is 5. The first-order chi connectivity index (χ1) is 9.61. The lowest BCUT2D eigenvalue weighted by Crippen LogP contribution is -2.05. The molecule has 1 N–H and O–H groups in total. The average molecular weight is 288 g/mol. The van der Waals surface area contributed by atoms with Gasteiger partial charge in [0.25, 0.3) is 5.69 Å². The van der Waals surface area contributed by atoms with Gasteiger partial charge < -0.3 is 5.32 Å². The van der Waals surface area contributed by atoms with Crippen LogP contribution in [0.15, 0.2) is 52.3 Å². The molecule has 0 amide bonds. The molecule has 0 spiro atoms. The SMILES string of the molecule is CNCc1ccc(Sc2ccccc2[N+](=O)[O-])c(C)c1. The highest BCUT2D eigenvalue weighted by Crippen LogP contribution is 2.36. The van der Waals surface area contributed by atoms with Crippen LogP contribution in [0.1, 0.15) is 11.1 Å². The maximum absolute atomic E-state index is 11.0. The number of hydrogen-bond donors (Lipinski definition) is 1. The molecule has 0 heterocycles. The fraction of sp³-hybridized carbons (Fsp3) is 0.200. The fourth-order valence-corrected chi connectivity index (χ4v) is 2.94. The summed E-state index contributed by atoms with van der Waals surface area (Å²) in [5.74, 6) is 0. The van der Waals surface area contributed by atoms with E-state index in [0.29, 0.717) is 4.90 Å². The Morgan fingerprint density at radius 3 is 2.60 bits per heavy atom. The summed E-state index contributed by atoms with van der Waals surface area (Å²) in [4.78, 5) is 12.4. The molecule has 0 radical (unpaired) electrons. The molecule has 0 bridgehead atoms. The maximum atomic E-state index is 11.0. The monoisotopic (exact) mass is 288 g/mol. The van der Waals surface area contributed by atoms with E-state index in [-0.39, 0.29) is 10.6 Å². The van der Waals surface area contributed by atoms with Crippen LogP contribution in [0.3, 0.4) is 0 Å². The van der Waals surface area contributed by atoms with Crippen molar-refractivity contribution in [1.29, 1.82) is 0 Å². The lowest BCUT2D eigenvalue weighted by atomic mass is 10.1. The van der Waals surface area contributed by atoms with Crippen molar-refractivity contribution in [2.24, 2.45) is 0 Å². The lowest BCUT2D eigenvalue weighted by Gasteiger charge is -2.08. The highest BCUT2D eigenvalue weighted by atomic mass is 32.2. The lowest BCUT2D eigenvalue weighted by molar-refractivity contribution is -0.387. The van der Waals surface area contributed by atoms with Crippen molar-refractivity contribution in [2.75, 3.05) is 7.05 Å². The predicted molar refractivity (Wildman–Crippen MR) is 81.2 cm³/mol. The number of para-hydroxylation sites is 1. The Hall–Kier alpha value is -1.85. The van der Waals surface area contributed by atoms with Crippen molar-refractivity contribution in [3.05, 3.63) is 63.7 Å². The van der Waals surface area contributed by atoms with Gasteiger partial charge in [0.2, 0.25) is 0 Å². The summed E-state index contributed by atoms with van der Waals surface area (Å²) in [5, 5.41) is 14.1. The molecule has 0 aliphatic heterocycles. The molecule has 5 heteroatoms. The zero-order valence-electron chi connectivity index (χ0n) is 11.4. The van der Waals surface area contributed by atoms with Crippen LogP contribution < -0.4 is 5.32 Å². The molecule has 0 aromatic heterocycles. The first-order valence-electron chi connectivity index (χ1n) is 6.27. The summed E-state index contributed by atoms with van der Waals surface area (Å²) < 4.78 is 0. The number of nitrogens with zero attached hydrogens (tertiary/aromatic N) is 1. The van der Waals surface area contributed by atoms with Gasteiger partial charge in [-0.1, -0.05) is 36.0 Å². The molecule has 2 rings (SSSR count). The van der Waals surface area contributed by atoms with E-state index in [4.69, 9.17) is 0 Å². The van der Waals surface area contributed by atoms with Crippen molar-refractivity contribution in [2.45, 2.75) is 23.3 Å². The normalized spacial score (nSPS) is 10.5. The molecule has 0 aliphatic rings. The van der Waals surface area contributed by atoms with Gasteiger partial charge in [-0.15, -0.1) is 0 Å². The molecule has 0 saturated carbocycles. The molecule has 0 saturated heterocycles. The maximum Gasteiger partial charge on any atom is 0.283 e. The molecule has 0 atom stereocenters. The standard InChI is InChI=1S/C15H16N2O2S/c1-11-9-12(10-16-2)7-8-14(11)20-15-6-4-3-5-13(15)17(18)19/h3-9,16H,10H2,1-2H3. The highest BCUT2D eigenvalue weighted by molar-refractivity contribution is 7.99. The van der Waals surface area contributed by atoms with Crippen molar-refractivity contribution in [3.8, 4) is 0 Å². The second-order valence-corrected chi connectivity index (χ2v) is 5.54. The first kappa shape index (κ1) is 14.6. The molecule has 0 aliphatic carbocycles. The second-order valence-electron chi connectivity index (χ2n) is 4.46. The van der Waals surface area contributed by atoms with Crippen LogP contribution in [-0.2, 0) is 6.54 Å². The summed E-state index contributed by atoms with van der Waals surface area (Å²) in [5.41, 5.74) is 2.48. The third-order valence-corrected chi connectivity index (χ3v) is 4.15. The van der Waals surface area contributed by atoms with E-state index in [1.165, 1.54) is 23.4 Å².